The number of fused-ring (bicyclic) bond motifs is 3. The van der Waals surface area contributed by atoms with Crippen molar-refractivity contribution < 1.29 is 4.79 Å². The van der Waals surface area contributed by atoms with E-state index in [-0.39, 0.29) is 6.04 Å². The van der Waals surface area contributed by atoms with Gasteiger partial charge in [0, 0.05) is 22.5 Å². The minimum absolute atomic E-state index is 0.360. The molecule has 3 rings (SSSR count). The molecule has 0 saturated carbocycles. The lowest BCUT2D eigenvalue weighted by Crippen LogP contribution is -2.19. The summed E-state index contributed by atoms with van der Waals surface area (Å²) < 4.78 is 0. The number of hydrogen-bond donors (Lipinski definition) is 2. The second kappa shape index (κ2) is 3.63. The molecule has 0 aliphatic carbocycles. The fraction of sp³-hybridized carbons (Fsp3) is 0.0714. The quantitative estimate of drug-likeness (QED) is 0.578. The highest BCUT2D eigenvalue weighted by Gasteiger charge is 2.24. The monoisotopic (exact) mass is 224 g/mol. The molecule has 0 spiro atoms. The average molecular weight is 224 g/mol. The van der Waals surface area contributed by atoms with Gasteiger partial charge >= 0.3 is 0 Å². The highest BCUT2D eigenvalue weighted by Crippen LogP contribution is 2.41. The number of anilines is 2. The van der Waals surface area contributed by atoms with Crippen molar-refractivity contribution in [3.8, 4) is 11.1 Å². The first-order valence-corrected chi connectivity index (χ1v) is 5.51. The molecule has 1 atom stereocenters. The average Bonchev–Trinajstić information content (AvgIpc) is 2.38. The standard InChI is InChI=1S/C14H12N2O/c15-11-6-3-5-10-9-4-1-2-7-12(9)16-13(8-17)14(10)11/h1-8,13,16H,15H2. The molecule has 3 nitrogen and oxygen atoms in total. The normalized spacial score (nSPS) is 16.6. The van der Waals surface area contributed by atoms with Crippen molar-refractivity contribution in [3.05, 3.63) is 48.0 Å². The fourth-order valence-corrected chi connectivity index (χ4v) is 2.35. The number of nitrogens with two attached hydrogens (primary N) is 1. The van der Waals surface area contributed by atoms with E-state index in [9.17, 15) is 4.79 Å². The van der Waals surface area contributed by atoms with E-state index in [1.165, 1.54) is 0 Å². The van der Waals surface area contributed by atoms with Gasteiger partial charge in [-0.05, 0) is 17.7 Å². The van der Waals surface area contributed by atoms with Gasteiger partial charge in [-0.15, -0.1) is 0 Å². The third-order valence-electron chi connectivity index (χ3n) is 3.12. The van der Waals surface area contributed by atoms with Crippen molar-refractivity contribution in [2.24, 2.45) is 0 Å². The van der Waals surface area contributed by atoms with Crippen molar-refractivity contribution in [1.29, 1.82) is 0 Å². The van der Waals surface area contributed by atoms with Crippen LogP contribution in [0.25, 0.3) is 11.1 Å². The summed E-state index contributed by atoms with van der Waals surface area (Å²) in [5.41, 5.74) is 10.6. The Morgan fingerprint density at radius 1 is 1.06 bits per heavy atom. The van der Waals surface area contributed by atoms with Crippen LogP contribution in [0.3, 0.4) is 0 Å². The van der Waals surface area contributed by atoms with Crippen LogP contribution in [0.15, 0.2) is 42.5 Å². The van der Waals surface area contributed by atoms with Crippen LogP contribution in [0.1, 0.15) is 11.6 Å². The van der Waals surface area contributed by atoms with E-state index in [0.717, 1.165) is 28.7 Å². The Morgan fingerprint density at radius 3 is 2.65 bits per heavy atom. The molecule has 1 aliphatic heterocycles. The van der Waals surface area contributed by atoms with E-state index in [1.807, 2.05) is 42.5 Å². The summed E-state index contributed by atoms with van der Waals surface area (Å²) >= 11 is 0. The molecule has 0 radical (unpaired) electrons. The number of benzene rings is 2. The lowest BCUT2D eigenvalue weighted by molar-refractivity contribution is -0.108. The summed E-state index contributed by atoms with van der Waals surface area (Å²) in [4.78, 5) is 11.2. The van der Waals surface area contributed by atoms with Crippen LogP contribution in [-0.2, 0) is 4.79 Å². The predicted molar refractivity (Wildman–Crippen MR) is 68.7 cm³/mol. The molecular weight excluding hydrogens is 212 g/mol. The zero-order valence-corrected chi connectivity index (χ0v) is 9.18. The third-order valence-corrected chi connectivity index (χ3v) is 3.12. The number of aldehydes is 1. The largest absolute Gasteiger partial charge is 0.398 e. The summed E-state index contributed by atoms with van der Waals surface area (Å²) in [5.74, 6) is 0. The molecule has 17 heavy (non-hydrogen) atoms. The van der Waals surface area contributed by atoms with Crippen LogP contribution in [0.5, 0.6) is 0 Å². The molecule has 0 bridgehead atoms. The van der Waals surface area contributed by atoms with Crippen molar-refractivity contribution >= 4 is 17.7 Å². The van der Waals surface area contributed by atoms with Gasteiger partial charge in [-0.25, -0.2) is 0 Å². The van der Waals surface area contributed by atoms with Crippen molar-refractivity contribution in [2.45, 2.75) is 6.04 Å². The van der Waals surface area contributed by atoms with E-state index < -0.39 is 0 Å². The highest BCUT2D eigenvalue weighted by molar-refractivity contribution is 5.91. The van der Waals surface area contributed by atoms with Gasteiger partial charge in [0.05, 0.1) is 0 Å². The van der Waals surface area contributed by atoms with Gasteiger partial charge < -0.3 is 15.8 Å². The van der Waals surface area contributed by atoms with Crippen LogP contribution in [-0.4, -0.2) is 6.29 Å². The molecule has 2 aromatic rings. The maximum absolute atomic E-state index is 11.2. The Kier molecular flexibility index (Phi) is 2.11. The molecule has 3 N–H and O–H groups in total. The van der Waals surface area contributed by atoms with Gasteiger partial charge in [-0.1, -0.05) is 30.3 Å². The highest BCUT2D eigenvalue weighted by atomic mass is 16.1. The zero-order chi connectivity index (χ0) is 11.8. The summed E-state index contributed by atoms with van der Waals surface area (Å²) in [6.45, 7) is 0. The van der Waals surface area contributed by atoms with Gasteiger partial charge in [0.2, 0.25) is 0 Å². The first kappa shape index (κ1) is 9.90. The van der Waals surface area contributed by atoms with Gasteiger partial charge in [-0.3, -0.25) is 0 Å². The number of nitrogens with one attached hydrogen (secondary N) is 1. The predicted octanol–water partition coefficient (Wildman–Crippen LogP) is 2.60. The van der Waals surface area contributed by atoms with Crippen molar-refractivity contribution in [2.75, 3.05) is 11.1 Å². The number of carbonyl (C=O) groups is 1. The molecule has 0 amide bonds. The number of para-hydroxylation sites is 1. The SMILES string of the molecule is Nc1cccc2c1C(C=O)Nc1ccccc1-2. The Balaban J connectivity index is 2.32. The van der Waals surface area contributed by atoms with E-state index in [2.05, 4.69) is 5.32 Å². The molecule has 84 valence electrons. The van der Waals surface area contributed by atoms with Crippen LogP contribution in [0.4, 0.5) is 11.4 Å². The van der Waals surface area contributed by atoms with E-state index in [1.54, 1.807) is 0 Å². The first-order chi connectivity index (χ1) is 8.31. The number of hydrogen-bond acceptors (Lipinski definition) is 3. The summed E-state index contributed by atoms with van der Waals surface area (Å²) in [5, 5.41) is 3.20. The molecule has 1 aliphatic rings. The van der Waals surface area contributed by atoms with Crippen LogP contribution < -0.4 is 11.1 Å². The Bertz CT molecular complexity index is 593. The summed E-state index contributed by atoms with van der Waals surface area (Å²) in [6.07, 6.45) is 0.894. The minimum Gasteiger partial charge on any atom is -0.398 e. The molecule has 2 aromatic carbocycles. The van der Waals surface area contributed by atoms with Crippen molar-refractivity contribution in [3.63, 3.8) is 0 Å². The maximum Gasteiger partial charge on any atom is 0.146 e. The topological polar surface area (TPSA) is 55.1 Å². The summed E-state index contributed by atoms with van der Waals surface area (Å²) in [6, 6.07) is 13.3. The number of nitrogen functional groups attached to an aromatic ring is 1. The maximum atomic E-state index is 11.2. The van der Waals surface area contributed by atoms with Gasteiger partial charge in [0.1, 0.15) is 12.3 Å². The zero-order valence-electron chi connectivity index (χ0n) is 9.18. The fourth-order valence-electron chi connectivity index (χ4n) is 2.35. The number of carbonyl (C=O) groups excluding carboxylic acids is 1. The Morgan fingerprint density at radius 2 is 1.82 bits per heavy atom. The van der Waals surface area contributed by atoms with E-state index in [0.29, 0.717) is 5.69 Å². The Labute approximate surface area is 99.3 Å². The van der Waals surface area contributed by atoms with Crippen LogP contribution in [0, 0.1) is 0 Å². The third kappa shape index (κ3) is 1.40. The molecule has 1 heterocycles. The second-order valence-electron chi connectivity index (χ2n) is 4.11. The molecule has 0 aromatic heterocycles. The molecule has 1 unspecified atom stereocenters. The molecule has 0 saturated heterocycles. The first-order valence-electron chi connectivity index (χ1n) is 5.51. The van der Waals surface area contributed by atoms with Gasteiger partial charge in [0.25, 0.3) is 0 Å². The van der Waals surface area contributed by atoms with Crippen LogP contribution >= 0.6 is 0 Å². The van der Waals surface area contributed by atoms with Crippen LogP contribution in [0.2, 0.25) is 0 Å². The molecule has 3 heteroatoms. The van der Waals surface area contributed by atoms with Gasteiger partial charge in [-0.2, -0.15) is 0 Å². The molecule has 0 fully saturated rings. The lowest BCUT2D eigenvalue weighted by Gasteiger charge is -2.27. The van der Waals surface area contributed by atoms with Gasteiger partial charge in [0.15, 0.2) is 0 Å². The van der Waals surface area contributed by atoms with E-state index >= 15 is 0 Å². The number of rotatable bonds is 1. The lowest BCUT2D eigenvalue weighted by atomic mass is 9.89. The minimum atomic E-state index is -0.360. The summed E-state index contributed by atoms with van der Waals surface area (Å²) in [7, 11) is 0. The second-order valence-corrected chi connectivity index (χ2v) is 4.11. The Hall–Kier alpha value is -2.29. The van der Waals surface area contributed by atoms with Crippen molar-refractivity contribution in [1.82, 2.24) is 0 Å². The van der Waals surface area contributed by atoms with E-state index in [4.69, 9.17) is 5.73 Å². The smallest absolute Gasteiger partial charge is 0.146 e. The molecular formula is C14H12N2O.